The van der Waals surface area contributed by atoms with Gasteiger partial charge in [0.15, 0.2) is 0 Å². The van der Waals surface area contributed by atoms with Gasteiger partial charge in [-0.25, -0.2) is 0 Å². The van der Waals surface area contributed by atoms with Gasteiger partial charge < -0.3 is 21.5 Å². The van der Waals surface area contributed by atoms with Gasteiger partial charge in [-0.2, -0.15) is 0 Å². The Morgan fingerprint density at radius 1 is 1.33 bits per heavy atom. The third-order valence-electron chi connectivity index (χ3n) is 3.31. The van der Waals surface area contributed by atoms with Gasteiger partial charge in [-0.15, -0.1) is 0 Å². The SMILES string of the molecule is NCC1CN(CC(=O)Nc2ccc(C(N)=O)cc2)CCO1. The summed E-state index contributed by atoms with van der Waals surface area (Å²) in [6, 6.07) is 6.47. The minimum atomic E-state index is -0.492. The van der Waals surface area contributed by atoms with Gasteiger partial charge in [-0.05, 0) is 24.3 Å². The third kappa shape index (κ3) is 4.52. The Hall–Kier alpha value is -1.96. The summed E-state index contributed by atoms with van der Waals surface area (Å²) < 4.78 is 5.45. The maximum Gasteiger partial charge on any atom is 0.248 e. The average molecular weight is 292 g/mol. The van der Waals surface area contributed by atoms with Crippen molar-refractivity contribution >= 4 is 17.5 Å². The van der Waals surface area contributed by atoms with E-state index in [0.717, 1.165) is 0 Å². The Balaban J connectivity index is 1.85. The number of carbonyl (C=O) groups is 2. The molecule has 1 aromatic carbocycles. The quantitative estimate of drug-likeness (QED) is 0.670. The zero-order valence-electron chi connectivity index (χ0n) is 11.7. The lowest BCUT2D eigenvalue weighted by Crippen LogP contribution is -2.48. The van der Waals surface area contributed by atoms with E-state index in [9.17, 15) is 9.59 Å². The van der Waals surface area contributed by atoms with E-state index < -0.39 is 5.91 Å². The molecule has 0 aromatic heterocycles. The standard InChI is InChI=1S/C14H20N4O3/c15-7-12-8-18(5-6-21-12)9-13(19)17-11-3-1-10(2-4-11)14(16)20/h1-4,12H,5-9,15H2,(H2,16,20)(H,17,19). The van der Waals surface area contributed by atoms with Crippen LogP contribution in [0.4, 0.5) is 5.69 Å². The number of morpholine rings is 1. The Morgan fingerprint density at radius 2 is 2.05 bits per heavy atom. The number of amides is 2. The average Bonchev–Trinajstić information content (AvgIpc) is 2.47. The lowest BCUT2D eigenvalue weighted by Gasteiger charge is -2.31. The first-order valence-corrected chi connectivity index (χ1v) is 6.82. The molecular formula is C14H20N4O3. The second kappa shape index (κ2) is 7.16. The van der Waals surface area contributed by atoms with Crippen LogP contribution in [0.2, 0.25) is 0 Å². The van der Waals surface area contributed by atoms with Crippen LogP contribution in [-0.4, -0.2) is 55.6 Å². The van der Waals surface area contributed by atoms with Crippen molar-refractivity contribution in [3.05, 3.63) is 29.8 Å². The lowest BCUT2D eigenvalue weighted by atomic mass is 10.2. The number of nitrogens with one attached hydrogen (secondary N) is 1. The normalized spacial score (nSPS) is 19.2. The van der Waals surface area contributed by atoms with E-state index in [0.29, 0.717) is 37.5 Å². The van der Waals surface area contributed by atoms with Crippen LogP contribution in [0.1, 0.15) is 10.4 Å². The Morgan fingerprint density at radius 3 is 2.67 bits per heavy atom. The molecule has 7 nitrogen and oxygen atoms in total. The van der Waals surface area contributed by atoms with Gasteiger partial charge in [0.1, 0.15) is 0 Å². The fraction of sp³-hybridized carbons (Fsp3) is 0.429. The van der Waals surface area contributed by atoms with Crippen molar-refractivity contribution in [3.8, 4) is 0 Å². The monoisotopic (exact) mass is 292 g/mol. The van der Waals surface area contributed by atoms with Crippen LogP contribution in [0.15, 0.2) is 24.3 Å². The number of benzene rings is 1. The van der Waals surface area contributed by atoms with Crippen LogP contribution in [0.25, 0.3) is 0 Å². The highest BCUT2D eigenvalue weighted by Crippen LogP contribution is 2.10. The zero-order chi connectivity index (χ0) is 15.2. The van der Waals surface area contributed by atoms with Crippen LogP contribution in [0.5, 0.6) is 0 Å². The molecule has 1 aliphatic rings. The fourth-order valence-electron chi connectivity index (χ4n) is 2.19. The summed E-state index contributed by atoms with van der Waals surface area (Å²) in [6.07, 6.45) is -0.0126. The van der Waals surface area contributed by atoms with Crippen LogP contribution in [0, 0.1) is 0 Å². The van der Waals surface area contributed by atoms with Crippen LogP contribution in [0.3, 0.4) is 0 Å². The van der Waals surface area contributed by atoms with E-state index in [-0.39, 0.29) is 18.6 Å². The van der Waals surface area contributed by atoms with Gasteiger partial charge in [-0.1, -0.05) is 0 Å². The van der Waals surface area contributed by atoms with Crippen molar-refractivity contribution in [3.63, 3.8) is 0 Å². The predicted octanol–water partition coefficient (Wildman–Crippen LogP) is -0.616. The second-order valence-electron chi connectivity index (χ2n) is 4.95. The molecule has 0 bridgehead atoms. The number of ether oxygens (including phenoxy) is 1. The van der Waals surface area contributed by atoms with Gasteiger partial charge >= 0.3 is 0 Å². The van der Waals surface area contributed by atoms with Crippen molar-refractivity contribution in [2.45, 2.75) is 6.10 Å². The van der Waals surface area contributed by atoms with E-state index in [1.54, 1.807) is 24.3 Å². The first-order valence-electron chi connectivity index (χ1n) is 6.82. The number of hydrogen-bond acceptors (Lipinski definition) is 5. The molecule has 1 unspecified atom stereocenters. The fourth-order valence-corrected chi connectivity index (χ4v) is 2.19. The van der Waals surface area contributed by atoms with Gasteiger partial charge in [0, 0.05) is 30.9 Å². The van der Waals surface area contributed by atoms with Gasteiger partial charge in [0.2, 0.25) is 11.8 Å². The lowest BCUT2D eigenvalue weighted by molar-refractivity contribution is -0.119. The molecule has 1 atom stereocenters. The molecule has 2 rings (SSSR count). The van der Waals surface area contributed by atoms with E-state index in [1.807, 2.05) is 4.90 Å². The Bertz CT molecular complexity index is 503. The van der Waals surface area contributed by atoms with Crippen molar-refractivity contribution in [2.75, 3.05) is 38.1 Å². The topological polar surface area (TPSA) is 111 Å². The predicted molar refractivity (Wildman–Crippen MR) is 78.8 cm³/mol. The van der Waals surface area contributed by atoms with Gasteiger partial charge in [0.25, 0.3) is 0 Å². The largest absolute Gasteiger partial charge is 0.374 e. The molecule has 1 aliphatic heterocycles. The Labute approximate surface area is 123 Å². The molecule has 7 heteroatoms. The molecule has 0 aliphatic carbocycles. The molecule has 0 saturated carbocycles. The molecule has 114 valence electrons. The number of carbonyl (C=O) groups excluding carboxylic acids is 2. The Kier molecular flexibility index (Phi) is 5.26. The third-order valence-corrected chi connectivity index (χ3v) is 3.31. The maximum absolute atomic E-state index is 12.0. The van der Waals surface area contributed by atoms with E-state index in [4.69, 9.17) is 16.2 Å². The molecule has 1 aromatic rings. The number of nitrogens with two attached hydrogens (primary N) is 2. The summed E-state index contributed by atoms with van der Waals surface area (Å²) in [5.74, 6) is -0.603. The minimum absolute atomic E-state index is 0.0126. The van der Waals surface area contributed by atoms with E-state index >= 15 is 0 Å². The number of nitrogens with zero attached hydrogens (tertiary/aromatic N) is 1. The maximum atomic E-state index is 12.0. The van der Waals surface area contributed by atoms with Crippen LogP contribution >= 0.6 is 0 Å². The van der Waals surface area contributed by atoms with Gasteiger partial charge in [-0.3, -0.25) is 14.5 Å². The van der Waals surface area contributed by atoms with Crippen molar-refractivity contribution < 1.29 is 14.3 Å². The first kappa shape index (κ1) is 15.4. The van der Waals surface area contributed by atoms with Crippen molar-refractivity contribution in [1.29, 1.82) is 0 Å². The summed E-state index contributed by atoms with van der Waals surface area (Å²) in [4.78, 5) is 24.9. The van der Waals surface area contributed by atoms with Crippen LogP contribution < -0.4 is 16.8 Å². The molecule has 5 N–H and O–H groups in total. The zero-order valence-corrected chi connectivity index (χ0v) is 11.7. The number of rotatable bonds is 5. The molecule has 0 radical (unpaired) electrons. The molecular weight excluding hydrogens is 272 g/mol. The van der Waals surface area contributed by atoms with Crippen molar-refractivity contribution in [1.82, 2.24) is 4.90 Å². The molecule has 1 heterocycles. The van der Waals surface area contributed by atoms with Crippen molar-refractivity contribution in [2.24, 2.45) is 11.5 Å². The highest BCUT2D eigenvalue weighted by Gasteiger charge is 2.20. The summed E-state index contributed by atoms with van der Waals surface area (Å²) in [6.45, 7) is 2.70. The molecule has 2 amide bonds. The summed E-state index contributed by atoms with van der Waals surface area (Å²) in [7, 11) is 0. The smallest absolute Gasteiger partial charge is 0.248 e. The number of anilines is 1. The minimum Gasteiger partial charge on any atom is -0.374 e. The molecule has 0 spiro atoms. The molecule has 1 fully saturated rings. The van der Waals surface area contributed by atoms with Gasteiger partial charge in [0.05, 0.1) is 19.3 Å². The highest BCUT2D eigenvalue weighted by atomic mass is 16.5. The number of hydrogen-bond donors (Lipinski definition) is 3. The highest BCUT2D eigenvalue weighted by molar-refractivity contribution is 5.95. The first-order chi connectivity index (χ1) is 10.1. The van der Waals surface area contributed by atoms with E-state index in [2.05, 4.69) is 5.32 Å². The molecule has 1 saturated heterocycles. The summed E-state index contributed by atoms with van der Waals surface area (Å²) in [5.41, 5.74) is 11.8. The van der Waals surface area contributed by atoms with Crippen LogP contribution in [-0.2, 0) is 9.53 Å². The summed E-state index contributed by atoms with van der Waals surface area (Å²) in [5, 5.41) is 2.78. The number of primary amides is 1. The van der Waals surface area contributed by atoms with E-state index in [1.165, 1.54) is 0 Å². The summed E-state index contributed by atoms with van der Waals surface area (Å²) >= 11 is 0. The second-order valence-corrected chi connectivity index (χ2v) is 4.95. The molecule has 21 heavy (non-hydrogen) atoms.